The first-order valence-corrected chi connectivity index (χ1v) is 13.7. The number of rotatable bonds is 9. The molecule has 1 atom stereocenters. The Kier molecular flexibility index (Phi) is 9.40. The van der Waals surface area contributed by atoms with Crippen molar-refractivity contribution in [2.24, 2.45) is 10.3 Å². The molecule has 0 aliphatic carbocycles. The number of anilines is 1. The van der Waals surface area contributed by atoms with Crippen LogP contribution in [0.15, 0.2) is 45.7 Å². The Hall–Kier alpha value is -3.15. The lowest BCUT2D eigenvalue weighted by atomic mass is 10.0. The van der Waals surface area contributed by atoms with Gasteiger partial charge in [0.1, 0.15) is 11.6 Å². The Labute approximate surface area is 220 Å². The zero-order valence-corrected chi connectivity index (χ0v) is 22.3. The number of hydrogen-bond donors (Lipinski definition) is 0. The van der Waals surface area contributed by atoms with Crippen molar-refractivity contribution >= 4 is 27.8 Å². The zero-order valence-electron chi connectivity index (χ0n) is 21.5. The number of nitrogens with zero attached hydrogens (tertiary/aromatic N) is 3. The number of hydrogen-bond acceptors (Lipinski definition) is 5. The van der Waals surface area contributed by atoms with Gasteiger partial charge in [0.05, 0.1) is 28.8 Å². The maximum atomic E-state index is 13.5. The van der Waals surface area contributed by atoms with E-state index in [0.717, 1.165) is 31.4 Å². The summed E-state index contributed by atoms with van der Waals surface area (Å²) < 4.78 is 88.6. The third-order valence-electron chi connectivity index (χ3n) is 6.34. The van der Waals surface area contributed by atoms with Gasteiger partial charge < -0.3 is 14.5 Å². The maximum Gasteiger partial charge on any atom is 0.417 e. The summed E-state index contributed by atoms with van der Waals surface area (Å²) in [5.41, 5.74) is -1.48. The van der Waals surface area contributed by atoms with Crippen molar-refractivity contribution in [3.8, 4) is 5.75 Å². The van der Waals surface area contributed by atoms with Crippen molar-refractivity contribution in [3.63, 3.8) is 0 Å². The minimum atomic E-state index is -4.88. The topological polar surface area (TPSA) is 79.3 Å². The number of alkyl halides is 3. The fourth-order valence-corrected chi connectivity index (χ4v) is 5.17. The van der Waals surface area contributed by atoms with E-state index in [0.29, 0.717) is 17.5 Å². The summed E-state index contributed by atoms with van der Waals surface area (Å²) in [5.74, 6) is -1.53. The molecule has 1 amide bonds. The van der Waals surface area contributed by atoms with E-state index in [-0.39, 0.29) is 37.0 Å². The fraction of sp³-hybridized carbons (Fsp3) is 0.462. The number of halogens is 4. The number of benzene rings is 2. The highest BCUT2D eigenvalue weighted by molar-refractivity contribution is 7.90. The van der Waals surface area contributed by atoms with Crippen LogP contribution < -0.4 is 9.64 Å². The van der Waals surface area contributed by atoms with Gasteiger partial charge in [-0.25, -0.2) is 4.39 Å². The Balaban J connectivity index is 1.78. The number of carbonyl (C=O) groups is 1. The van der Waals surface area contributed by atoms with E-state index in [1.807, 2.05) is 6.92 Å². The van der Waals surface area contributed by atoms with Crippen LogP contribution in [-0.2, 0) is 16.2 Å². The normalized spacial score (nSPS) is 15.7. The maximum absolute atomic E-state index is 13.5. The number of piperazine rings is 1. The lowest BCUT2D eigenvalue weighted by Gasteiger charge is -2.37. The number of carbonyl (C=O) groups excluding carboxylic acids is 1. The summed E-state index contributed by atoms with van der Waals surface area (Å²) in [7, 11) is -2.53. The van der Waals surface area contributed by atoms with Gasteiger partial charge in [-0.15, -0.1) is 0 Å². The van der Waals surface area contributed by atoms with Gasteiger partial charge in [0.2, 0.25) is 0 Å². The van der Waals surface area contributed by atoms with E-state index < -0.39 is 39.1 Å². The highest BCUT2D eigenvalue weighted by Gasteiger charge is 2.37. The van der Waals surface area contributed by atoms with Gasteiger partial charge in [-0.3, -0.25) is 4.79 Å². The Morgan fingerprint density at radius 1 is 1.13 bits per heavy atom. The SMILES string of the molecule is CCCCC(C)/C=N/S(=O)(=O)c1ccc(OC)c(N2CCN(C(=O)c3ccc(F)cc3C(F)(F)F)CC2)c1. The van der Waals surface area contributed by atoms with Crippen molar-refractivity contribution in [1.29, 1.82) is 0 Å². The van der Waals surface area contributed by atoms with Crippen molar-refractivity contribution < 1.29 is 35.5 Å². The summed E-state index contributed by atoms with van der Waals surface area (Å²) in [6, 6.07) is 6.34. The van der Waals surface area contributed by atoms with E-state index in [1.54, 1.807) is 4.90 Å². The summed E-state index contributed by atoms with van der Waals surface area (Å²) in [6.45, 7) is 4.52. The average molecular weight is 558 g/mol. The third-order valence-corrected chi connectivity index (χ3v) is 7.59. The standard InChI is InChI=1S/C26H31F4N3O4S/c1-4-5-6-18(2)17-31-38(35,36)20-8-10-24(37-3)23(16-20)32-11-13-33(14-12-32)25(34)21-9-7-19(27)15-22(21)26(28,29)30/h7-10,15-18H,4-6,11-14H2,1-3H3/b31-17+. The van der Waals surface area contributed by atoms with Gasteiger partial charge in [-0.1, -0.05) is 26.7 Å². The minimum absolute atomic E-state index is 0.00651. The summed E-state index contributed by atoms with van der Waals surface area (Å²) in [6.07, 6.45) is -0.657. The van der Waals surface area contributed by atoms with Crippen LogP contribution in [0.2, 0.25) is 0 Å². The van der Waals surface area contributed by atoms with E-state index in [2.05, 4.69) is 11.3 Å². The van der Waals surface area contributed by atoms with Crippen LogP contribution in [0.4, 0.5) is 23.2 Å². The lowest BCUT2D eigenvalue weighted by Crippen LogP contribution is -2.49. The van der Waals surface area contributed by atoms with Gasteiger partial charge in [0.15, 0.2) is 0 Å². The van der Waals surface area contributed by atoms with Gasteiger partial charge in [0.25, 0.3) is 15.9 Å². The molecule has 1 fully saturated rings. The summed E-state index contributed by atoms with van der Waals surface area (Å²) >= 11 is 0. The first-order valence-electron chi connectivity index (χ1n) is 12.3. The van der Waals surface area contributed by atoms with E-state index in [9.17, 15) is 30.8 Å². The molecule has 0 saturated carbocycles. The van der Waals surface area contributed by atoms with E-state index in [1.165, 1.54) is 36.4 Å². The molecule has 2 aromatic carbocycles. The first-order chi connectivity index (χ1) is 17.9. The van der Waals surface area contributed by atoms with Crippen molar-refractivity contribution in [2.75, 3.05) is 38.2 Å². The van der Waals surface area contributed by atoms with Crippen molar-refractivity contribution in [2.45, 2.75) is 44.2 Å². The molecule has 0 radical (unpaired) electrons. The molecule has 1 unspecified atom stereocenters. The van der Waals surface area contributed by atoms with Crippen molar-refractivity contribution in [3.05, 3.63) is 53.3 Å². The van der Waals surface area contributed by atoms with E-state index >= 15 is 0 Å². The highest BCUT2D eigenvalue weighted by atomic mass is 32.2. The number of unbranched alkanes of at least 4 members (excludes halogenated alkanes) is 1. The Morgan fingerprint density at radius 3 is 2.42 bits per heavy atom. The molecule has 0 aromatic heterocycles. The molecule has 1 saturated heterocycles. The van der Waals surface area contributed by atoms with Gasteiger partial charge in [0, 0.05) is 32.4 Å². The third kappa shape index (κ3) is 7.03. The molecule has 0 spiro atoms. The van der Waals surface area contributed by atoms with Crippen LogP contribution in [0.3, 0.4) is 0 Å². The molecule has 3 rings (SSSR count). The van der Waals surface area contributed by atoms with E-state index in [4.69, 9.17) is 4.74 Å². The van der Waals surface area contributed by atoms with Crippen LogP contribution in [0.1, 0.15) is 49.0 Å². The Bertz CT molecular complexity index is 1270. The van der Waals surface area contributed by atoms with Gasteiger partial charge in [-0.2, -0.15) is 26.0 Å². The first kappa shape index (κ1) is 29.4. The smallest absolute Gasteiger partial charge is 0.417 e. The fourth-order valence-electron chi connectivity index (χ4n) is 4.18. The molecule has 2 aromatic rings. The number of ether oxygens (including phenoxy) is 1. The molecule has 12 heteroatoms. The molecular weight excluding hydrogens is 526 g/mol. The molecule has 1 aliphatic rings. The zero-order chi connectivity index (χ0) is 28.1. The summed E-state index contributed by atoms with van der Waals surface area (Å²) in [4.78, 5) is 15.9. The number of sulfonamides is 1. The van der Waals surface area contributed by atoms with Crippen molar-refractivity contribution in [1.82, 2.24) is 4.90 Å². The van der Waals surface area contributed by atoms with Gasteiger partial charge >= 0.3 is 6.18 Å². The minimum Gasteiger partial charge on any atom is -0.495 e. The lowest BCUT2D eigenvalue weighted by molar-refractivity contribution is -0.138. The molecule has 1 aliphatic heterocycles. The molecule has 0 N–H and O–H groups in total. The number of amides is 1. The highest BCUT2D eigenvalue weighted by Crippen LogP contribution is 2.35. The molecule has 38 heavy (non-hydrogen) atoms. The predicted octanol–water partition coefficient (Wildman–Crippen LogP) is 5.40. The van der Waals surface area contributed by atoms with Crippen LogP contribution in [0.25, 0.3) is 0 Å². The Morgan fingerprint density at radius 2 is 1.82 bits per heavy atom. The number of methoxy groups -OCH3 is 1. The summed E-state index contributed by atoms with van der Waals surface area (Å²) in [5, 5.41) is 0. The quantitative estimate of drug-likeness (QED) is 0.305. The molecule has 0 bridgehead atoms. The van der Waals surface area contributed by atoms with Crippen LogP contribution in [0, 0.1) is 11.7 Å². The van der Waals surface area contributed by atoms with Gasteiger partial charge in [-0.05, 0) is 48.7 Å². The molecular formula is C26H31F4N3O4S. The monoisotopic (exact) mass is 557 g/mol. The van der Waals surface area contributed by atoms with Crippen LogP contribution >= 0.6 is 0 Å². The molecule has 1 heterocycles. The second-order valence-electron chi connectivity index (χ2n) is 9.15. The molecule has 7 nitrogen and oxygen atoms in total. The van der Waals surface area contributed by atoms with Crippen LogP contribution in [0.5, 0.6) is 5.75 Å². The van der Waals surface area contributed by atoms with Crippen LogP contribution in [-0.4, -0.2) is 58.7 Å². The predicted molar refractivity (Wildman–Crippen MR) is 137 cm³/mol. The average Bonchev–Trinajstić information content (AvgIpc) is 2.89. The largest absolute Gasteiger partial charge is 0.495 e. The second kappa shape index (κ2) is 12.1. The second-order valence-corrected chi connectivity index (χ2v) is 10.8. The molecule has 208 valence electrons.